The Bertz CT molecular complexity index is 73.1. The highest BCUT2D eigenvalue weighted by Crippen LogP contribution is 2.05. The molecule has 0 radical (unpaired) electrons. The van der Waals surface area contributed by atoms with E-state index in [-0.39, 0.29) is 5.54 Å². The summed E-state index contributed by atoms with van der Waals surface area (Å²) in [7, 11) is 0. The summed E-state index contributed by atoms with van der Waals surface area (Å²) in [5.74, 6) is 0. The summed E-state index contributed by atoms with van der Waals surface area (Å²) in [5.41, 5.74) is 0.193. The van der Waals surface area contributed by atoms with Crippen molar-refractivity contribution in [2.45, 2.75) is 26.3 Å². The average molecular weight is 131 g/mol. The largest absolute Gasteiger partial charge is 0.255 e. The van der Waals surface area contributed by atoms with Gasteiger partial charge in [-0.3, -0.25) is 4.72 Å². The first-order valence-corrected chi connectivity index (χ1v) is 3.48. The van der Waals surface area contributed by atoms with E-state index in [1.165, 1.54) is 11.9 Å². The molecule has 1 N–H and O–H groups in total. The van der Waals surface area contributed by atoms with Crippen LogP contribution >= 0.6 is 11.9 Å². The summed E-state index contributed by atoms with van der Waals surface area (Å²) in [5, 5.41) is 1.78. The number of hydrogen-bond donors (Lipinski definition) is 1. The summed E-state index contributed by atoms with van der Waals surface area (Å²) in [6.45, 7) is 9.91. The van der Waals surface area contributed by atoms with Crippen molar-refractivity contribution >= 4 is 11.9 Å². The third-order valence-corrected chi connectivity index (χ3v) is 1.35. The molecule has 0 fully saturated rings. The van der Waals surface area contributed by atoms with E-state index < -0.39 is 0 Å². The Labute approximate surface area is 55.7 Å². The molecule has 0 aliphatic carbocycles. The van der Waals surface area contributed by atoms with Crippen LogP contribution in [-0.2, 0) is 0 Å². The third-order valence-electron chi connectivity index (χ3n) is 0.448. The molecule has 0 heterocycles. The topological polar surface area (TPSA) is 12.0 Å². The van der Waals surface area contributed by atoms with Gasteiger partial charge < -0.3 is 0 Å². The molecule has 0 amide bonds. The van der Waals surface area contributed by atoms with Crippen LogP contribution in [0.4, 0.5) is 0 Å². The highest BCUT2D eigenvalue weighted by Gasteiger charge is 2.05. The van der Waals surface area contributed by atoms with Gasteiger partial charge in [0.2, 0.25) is 0 Å². The zero-order valence-electron chi connectivity index (χ0n) is 5.69. The van der Waals surface area contributed by atoms with Crippen LogP contribution < -0.4 is 4.72 Å². The zero-order chi connectivity index (χ0) is 6.62. The Morgan fingerprint density at radius 1 is 1.50 bits per heavy atom. The van der Waals surface area contributed by atoms with E-state index in [4.69, 9.17) is 0 Å². The van der Waals surface area contributed by atoms with Gasteiger partial charge in [0.05, 0.1) is 0 Å². The summed E-state index contributed by atoms with van der Waals surface area (Å²) in [6, 6.07) is 0. The first-order valence-electron chi connectivity index (χ1n) is 2.60. The van der Waals surface area contributed by atoms with Crippen molar-refractivity contribution in [1.82, 2.24) is 4.72 Å². The maximum atomic E-state index is 3.56. The summed E-state index contributed by atoms with van der Waals surface area (Å²) < 4.78 is 3.17. The molecule has 0 bridgehead atoms. The summed E-state index contributed by atoms with van der Waals surface area (Å²) >= 11 is 1.53. The molecule has 0 spiro atoms. The second-order valence-corrected chi connectivity index (χ2v) is 3.41. The summed E-state index contributed by atoms with van der Waals surface area (Å²) in [4.78, 5) is 0. The predicted molar refractivity (Wildman–Crippen MR) is 40.7 cm³/mol. The lowest BCUT2D eigenvalue weighted by Gasteiger charge is -2.17. The molecule has 0 atom stereocenters. The van der Waals surface area contributed by atoms with Crippen LogP contribution in [0.25, 0.3) is 0 Å². The molecule has 0 aliphatic heterocycles. The van der Waals surface area contributed by atoms with Gasteiger partial charge in [0.25, 0.3) is 0 Å². The van der Waals surface area contributed by atoms with Crippen molar-refractivity contribution in [2.75, 3.05) is 0 Å². The van der Waals surface area contributed by atoms with E-state index in [2.05, 4.69) is 32.1 Å². The molecule has 2 heteroatoms. The molecule has 0 aromatic heterocycles. The van der Waals surface area contributed by atoms with Gasteiger partial charge in [0, 0.05) is 5.54 Å². The molecule has 1 nitrogen and oxygen atoms in total. The fourth-order valence-corrected chi connectivity index (χ4v) is 0.655. The third kappa shape index (κ3) is 6.05. The highest BCUT2D eigenvalue weighted by molar-refractivity contribution is 8.00. The Kier molecular flexibility index (Phi) is 3.17. The fourth-order valence-electron chi connectivity index (χ4n) is 0.218. The van der Waals surface area contributed by atoms with Gasteiger partial charge in [0.15, 0.2) is 0 Å². The van der Waals surface area contributed by atoms with Crippen LogP contribution in [0.1, 0.15) is 20.8 Å². The van der Waals surface area contributed by atoms with Gasteiger partial charge in [0.1, 0.15) is 0 Å². The van der Waals surface area contributed by atoms with E-state index in [0.717, 1.165) is 0 Å². The molecule has 0 saturated carbocycles. The van der Waals surface area contributed by atoms with E-state index in [1.807, 2.05) is 0 Å². The molecular formula is C6H13NS. The Morgan fingerprint density at radius 2 is 2.00 bits per heavy atom. The normalized spacial score (nSPS) is 11.4. The Balaban J connectivity index is 3.24. The highest BCUT2D eigenvalue weighted by atomic mass is 32.2. The lowest BCUT2D eigenvalue weighted by atomic mass is 10.1. The Morgan fingerprint density at radius 3 is 2.12 bits per heavy atom. The summed E-state index contributed by atoms with van der Waals surface area (Å²) in [6.07, 6.45) is 0. The Hall–Kier alpha value is 0.0500. The van der Waals surface area contributed by atoms with Crippen molar-refractivity contribution in [3.8, 4) is 0 Å². The van der Waals surface area contributed by atoms with Crippen molar-refractivity contribution in [3.05, 3.63) is 12.0 Å². The van der Waals surface area contributed by atoms with Gasteiger partial charge >= 0.3 is 0 Å². The predicted octanol–water partition coefficient (Wildman–Crippen LogP) is 2.17. The average Bonchev–Trinajstić information content (AvgIpc) is 1.59. The minimum Gasteiger partial charge on any atom is -0.255 e. The molecule has 48 valence electrons. The molecule has 0 aromatic carbocycles. The first-order chi connectivity index (χ1) is 3.56. The maximum absolute atomic E-state index is 3.56. The van der Waals surface area contributed by atoms with Crippen molar-refractivity contribution in [2.24, 2.45) is 0 Å². The molecule has 0 aliphatic rings. The number of hydrogen-bond acceptors (Lipinski definition) is 2. The van der Waals surface area contributed by atoms with Crippen LogP contribution in [0.2, 0.25) is 0 Å². The molecule has 8 heavy (non-hydrogen) atoms. The first kappa shape index (κ1) is 8.05. The van der Waals surface area contributed by atoms with Crippen molar-refractivity contribution in [3.63, 3.8) is 0 Å². The van der Waals surface area contributed by atoms with Crippen LogP contribution in [0.5, 0.6) is 0 Å². The lowest BCUT2D eigenvalue weighted by molar-refractivity contribution is 0.537. The van der Waals surface area contributed by atoms with E-state index in [9.17, 15) is 0 Å². The standard InChI is InChI=1S/C6H13NS/c1-5-8-7-6(2,3)4/h5,7H,1H2,2-4H3. The van der Waals surface area contributed by atoms with E-state index >= 15 is 0 Å². The SMILES string of the molecule is C=CSNC(C)(C)C. The van der Waals surface area contributed by atoms with Crippen molar-refractivity contribution in [1.29, 1.82) is 0 Å². The number of rotatable bonds is 2. The maximum Gasteiger partial charge on any atom is 0.0201 e. The zero-order valence-corrected chi connectivity index (χ0v) is 6.51. The van der Waals surface area contributed by atoms with Gasteiger partial charge in [-0.05, 0) is 26.2 Å². The van der Waals surface area contributed by atoms with Crippen LogP contribution in [-0.4, -0.2) is 5.54 Å². The molecule has 0 aromatic rings. The van der Waals surface area contributed by atoms with Crippen molar-refractivity contribution < 1.29 is 0 Å². The molecule has 0 rings (SSSR count). The quantitative estimate of drug-likeness (QED) is 0.576. The van der Waals surface area contributed by atoms with Gasteiger partial charge in [-0.15, -0.1) is 0 Å². The molecule has 0 unspecified atom stereocenters. The monoisotopic (exact) mass is 131 g/mol. The second kappa shape index (κ2) is 3.15. The van der Waals surface area contributed by atoms with Crippen LogP contribution in [0.3, 0.4) is 0 Å². The minimum absolute atomic E-state index is 0.193. The van der Waals surface area contributed by atoms with E-state index in [1.54, 1.807) is 5.41 Å². The smallest absolute Gasteiger partial charge is 0.0201 e. The van der Waals surface area contributed by atoms with E-state index in [0.29, 0.717) is 0 Å². The second-order valence-electron chi connectivity index (χ2n) is 2.64. The fraction of sp³-hybridized carbons (Fsp3) is 0.667. The lowest BCUT2D eigenvalue weighted by Crippen LogP contribution is -2.29. The molecule has 0 saturated heterocycles. The van der Waals surface area contributed by atoms with Gasteiger partial charge in [-0.25, -0.2) is 0 Å². The number of nitrogens with one attached hydrogen (secondary N) is 1. The minimum atomic E-state index is 0.193. The van der Waals surface area contributed by atoms with Gasteiger partial charge in [-0.1, -0.05) is 18.5 Å². The van der Waals surface area contributed by atoms with Crippen LogP contribution in [0, 0.1) is 0 Å². The van der Waals surface area contributed by atoms with Gasteiger partial charge in [-0.2, -0.15) is 0 Å². The van der Waals surface area contributed by atoms with Crippen LogP contribution in [0.15, 0.2) is 12.0 Å². The molecular weight excluding hydrogens is 118 g/mol.